The van der Waals surface area contributed by atoms with Crippen molar-refractivity contribution < 1.29 is 18.0 Å². The summed E-state index contributed by atoms with van der Waals surface area (Å²) in [5.74, 6) is -0.00355. The Morgan fingerprint density at radius 2 is 1.75 bits per heavy atom. The molecule has 2 heterocycles. The first-order valence-corrected chi connectivity index (χ1v) is 10.8. The van der Waals surface area contributed by atoms with E-state index < -0.39 is 11.7 Å². The van der Waals surface area contributed by atoms with E-state index in [1.165, 1.54) is 23.1 Å². The number of nitrogens with zero attached hydrogens (tertiary/aromatic N) is 2. The summed E-state index contributed by atoms with van der Waals surface area (Å²) in [6.07, 6.45) is -1.57. The zero-order valence-corrected chi connectivity index (χ0v) is 17.8. The summed E-state index contributed by atoms with van der Waals surface area (Å²) in [4.78, 5) is 19.8. The molecule has 1 aromatic heterocycles. The number of aromatic nitrogens is 1. The van der Waals surface area contributed by atoms with Crippen molar-refractivity contribution in [2.75, 3.05) is 39.3 Å². The maximum absolute atomic E-state index is 12.9. The number of carbonyl (C=O) groups is 1. The Morgan fingerprint density at radius 1 is 1.00 bits per heavy atom. The molecule has 4 rings (SSSR count). The third kappa shape index (κ3) is 5.69. The largest absolute Gasteiger partial charge is 0.416 e. The SMILES string of the molecule is O=C(CN1CCN(Cc2cccc(C(F)(F)F)c2)CC1)NCCc1c[nH]c2ccccc12. The normalized spacial score (nSPS) is 15.8. The molecule has 0 unspecified atom stereocenters. The van der Waals surface area contributed by atoms with Crippen molar-refractivity contribution in [2.45, 2.75) is 19.1 Å². The first kappa shape index (κ1) is 22.4. The van der Waals surface area contributed by atoms with Gasteiger partial charge in [0.2, 0.25) is 5.91 Å². The van der Waals surface area contributed by atoms with Crippen molar-refractivity contribution in [2.24, 2.45) is 0 Å². The highest BCUT2D eigenvalue weighted by molar-refractivity contribution is 5.83. The predicted octanol–water partition coefficient (Wildman–Crippen LogP) is 3.66. The number of nitrogens with one attached hydrogen (secondary N) is 2. The van der Waals surface area contributed by atoms with Gasteiger partial charge in [0.25, 0.3) is 0 Å². The van der Waals surface area contributed by atoms with Crippen LogP contribution in [0.3, 0.4) is 0 Å². The molecule has 5 nitrogen and oxygen atoms in total. The summed E-state index contributed by atoms with van der Waals surface area (Å²) in [6, 6.07) is 13.6. The van der Waals surface area contributed by atoms with Crippen LogP contribution in [0.25, 0.3) is 10.9 Å². The van der Waals surface area contributed by atoms with Crippen LogP contribution in [0.2, 0.25) is 0 Å². The molecule has 0 saturated carbocycles. The lowest BCUT2D eigenvalue weighted by Crippen LogP contribution is -2.49. The van der Waals surface area contributed by atoms with Crippen LogP contribution in [0.5, 0.6) is 0 Å². The number of halogens is 3. The molecule has 1 saturated heterocycles. The quantitative estimate of drug-likeness (QED) is 0.585. The number of fused-ring (bicyclic) bond motifs is 1. The van der Waals surface area contributed by atoms with Crippen molar-refractivity contribution >= 4 is 16.8 Å². The summed E-state index contributed by atoms with van der Waals surface area (Å²) in [7, 11) is 0. The predicted molar refractivity (Wildman–Crippen MR) is 118 cm³/mol. The van der Waals surface area contributed by atoms with Gasteiger partial charge in [0, 0.05) is 56.4 Å². The van der Waals surface area contributed by atoms with Crippen LogP contribution >= 0.6 is 0 Å². The highest BCUT2D eigenvalue weighted by atomic mass is 19.4. The first-order valence-electron chi connectivity index (χ1n) is 10.8. The Morgan fingerprint density at radius 3 is 2.53 bits per heavy atom. The molecule has 0 aliphatic carbocycles. The van der Waals surface area contributed by atoms with E-state index in [1.807, 2.05) is 24.4 Å². The smallest absolute Gasteiger partial charge is 0.361 e. The number of H-pyrrole nitrogens is 1. The van der Waals surface area contributed by atoms with E-state index in [-0.39, 0.29) is 5.91 Å². The van der Waals surface area contributed by atoms with E-state index in [9.17, 15) is 18.0 Å². The molecule has 2 aromatic carbocycles. The van der Waals surface area contributed by atoms with E-state index in [2.05, 4.69) is 26.2 Å². The maximum atomic E-state index is 12.9. The Balaban J connectivity index is 1.18. The van der Waals surface area contributed by atoms with Gasteiger partial charge in [-0.3, -0.25) is 14.6 Å². The number of para-hydroxylation sites is 1. The van der Waals surface area contributed by atoms with Crippen LogP contribution in [-0.4, -0.2) is 60.0 Å². The van der Waals surface area contributed by atoms with Gasteiger partial charge in [0.05, 0.1) is 12.1 Å². The van der Waals surface area contributed by atoms with Gasteiger partial charge in [-0.15, -0.1) is 0 Å². The van der Waals surface area contributed by atoms with E-state index in [0.29, 0.717) is 25.2 Å². The fourth-order valence-electron chi connectivity index (χ4n) is 4.14. The average molecular weight is 445 g/mol. The lowest BCUT2D eigenvalue weighted by molar-refractivity contribution is -0.137. The summed E-state index contributed by atoms with van der Waals surface area (Å²) < 4.78 is 38.7. The van der Waals surface area contributed by atoms with Crippen molar-refractivity contribution in [1.82, 2.24) is 20.1 Å². The third-order valence-electron chi connectivity index (χ3n) is 5.88. The highest BCUT2D eigenvalue weighted by Crippen LogP contribution is 2.29. The minimum atomic E-state index is -4.32. The lowest BCUT2D eigenvalue weighted by Gasteiger charge is -2.34. The molecule has 0 spiro atoms. The topological polar surface area (TPSA) is 51.4 Å². The van der Waals surface area contributed by atoms with Crippen molar-refractivity contribution in [3.8, 4) is 0 Å². The summed E-state index contributed by atoms with van der Waals surface area (Å²) in [5, 5.41) is 4.17. The van der Waals surface area contributed by atoms with Crippen LogP contribution in [-0.2, 0) is 23.9 Å². The second-order valence-electron chi connectivity index (χ2n) is 8.21. The Kier molecular flexibility index (Phi) is 6.81. The Labute approximate surface area is 185 Å². The molecule has 0 radical (unpaired) electrons. The summed E-state index contributed by atoms with van der Waals surface area (Å²) in [6.45, 7) is 4.28. The molecule has 0 bridgehead atoms. The van der Waals surface area contributed by atoms with Gasteiger partial charge in [-0.1, -0.05) is 36.4 Å². The molecule has 1 aliphatic heterocycles. The van der Waals surface area contributed by atoms with Gasteiger partial charge in [-0.2, -0.15) is 13.2 Å². The fourth-order valence-corrected chi connectivity index (χ4v) is 4.14. The number of aromatic amines is 1. The third-order valence-corrected chi connectivity index (χ3v) is 5.88. The molecule has 1 fully saturated rings. The van der Waals surface area contributed by atoms with Crippen LogP contribution in [0.15, 0.2) is 54.7 Å². The Hall–Kier alpha value is -2.84. The van der Waals surface area contributed by atoms with Crippen molar-refractivity contribution in [3.05, 3.63) is 71.4 Å². The van der Waals surface area contributed by atoms with Crippen molar-refractivity contribution in [3.63, 3.8) is 0 Å². The molecule has 1 amide bonds. The standard InChI is InChI=1S/C24H27F3N4O/c25-24(26,27)20-5-3-4-18(14-20)16-30-10-12-31(13-11-30)17-23(32)28-9-8-19-15-29-22-7-2-1-6-21(19)22/h1-7,14-15,29H,8-13,16-17H2,(H,28,32). The monoisotopic (exact) mass is 444 g/mol. The second kappa shape index (κ2) is 9.75. The zero-order valence-electron chi connectivity index (χ0n) is 17.8. The van der Waals surface area contributed by atoms with Gasteiger partial charge in [0.15, 0.2) is 0 Å². The van der Waals surface area contributed by atoms with Crippen LogP contribution in [0.1, 0.15) is 16.7 Å². The number of amides is 1. The number of piperazine rings is 1. The van der Waals surface area contributed by atoms with E-state index in [0.717, 1.165) is 44.2 Å². The molecule has 170 valence electrons. The van der Waals surface area contributed by atoms with Gasteiger partial charge in [-0.25, -0.2) is 0 Å². The number of alkyl halides is 3. The van der Waals surface area contributed by atoms with E-state index in [4.69, 9.17) is 0 Å². The maximum Gasteiger partial charge on any atom is 0.416 e. The first-order chi connectivity index (χ1) is 15.4. The number of hydrogen-bond acceptors (Lipinski definition) is 3. The van der Waals surface area contributed by atoms with Crippen LogP contribution < -0.4 is 5.32 Å². The fraction of sp³-hybridized carbons (Fsp3) is 0.375. The van der Waals surface area contributed by atoms with Crippen LogP contribution in [0, 0.1) is 0 Å². The molecule has 3 aromatic rings. The number of rotatable bonds is 7. The van der Waals surface area contributed by atoms with Gasteiger partial charge >= 0.3 is 6.18 Å². The van der Waals surface area contributed by atoms with Crippen LogP contribution in [0.4, 0.5) is 13.2 Å². The summed E-state index contributed by atoms with van der Waals surface area (Å²) >= 11 is 0. The molecule has 2 N–H and O–H groups in total. The van der Waals surface area contributed by atoms with Crippen molar-refractivity contribution in [1.29, 1.82) is 0 Å². The van der Waals surface area contributed by atoms with E-state index in [1.54, 1.807) is 6.07 Å². The Bertz CT molecular complexity index is 1050. The molecular formula is C24H27F3N4O. The average Bonchev–Trinajstić information content (AvgIpc) is 3.18. The number of benzene rings is 2. The van der Waals surface area contributed by atoms with Gasteiger partial charge in [-0.05, 0) is 29.7 Å². The zero-order chi connectivity index (χ0) is 22.6. The molecular weight excluding hydrogens is 417 g/mol. The van der Waals surface area contributed by atoms with Gasteiger partial charge in [0.1, 0.15) is 0 Å². The van der Waals surface area contributed by atoms with E-state index >= 15 is 0 Å². The lowest BCUT2D eigenvalue weighted by atomic mass is 10.1. The minimum Gasteiger partial charge on any atom is -0.361 e. The molecule has 1 aliphatic rings. The number of hydrogen-bond donors (Lipinski definition) is 2. The van der Waals surface area contributed by atoms with Gasteiger partial charge < -0.3 is 10.3 Å². The molecule has 8 heteroatoms. The molecule has 32 heavy (non-hydrogen) atoms. The minimum absolute atomic E-state index is 0.00355. The number of carbonyl (C=O) groups excluding carboxylic acids is 1. The summed E-state index contributed by atoms with van der Waals surface area (Å²) in [5.41, 5.74) is 2.32. The molecule has 0 atom stereocenters. The second-order valence-corrected chi connectivity index (χ2v) is 8.21. The highest BCUT2D eigenvalue weighted by Gasteiger charge is 2.30.